The van der Waals surface area contributed by atoms with Gasteiger partial charge in [-0.25, -0.2) is 13.9 Å². The highest BCUT2D eigenvalue weighted by molar-refractivity contribution is 5.85. The van der Waals surface area contributed by atoms with Gasteiger partial charge >= 0.3 is 5.97 Å². The minimum Gasteiger partial charge on any atom is -0.497 e. The number of methoxy groups -OCH3 is 1. The summed E-state index contributed by atoms with van der Waals surface area (Å²) in [6.07, 6.45) is 1.04. The number of aromatic nitrogens is 3. The van der Waals surface area contributed by atoms with Crippen molar-refractivity contribution in [1.82, 2.24) is 15.0 Å². The molecule has 0 atom stereocenters. The van der Waals surface area contributed by atoms with E-state index in [2.05, 4.69) is 10.3 Å². The lowest BCUT2D eigenvalue weighted by atomic mass is 10.3. The Kier molecular flexibility index (Phi) is 2.73. The standard InChI is InChI=1S/C10H8FN3O3/c1-17-6-2-3-7(11)8(4-6)14-9(10(15)16)5-12-13-14/h2-5H,1H3,(H,15,16). The van der Waals surface area contributed by atoms with Crippen molar-refractivity contribution >= 4 is 5.97 Å². The summed E-state index contributed by atoms with van der Waals surface area (Å²) in [5, 5.41) is 15.9. The second-order valence-electron chi connectivity index (χ2n) is 3.15. The molecule has 0 fully saturated rings. The predicted octanol–water partition coefficient (Wildman–Crippen LogP) is 1.11. The summed E-state index contributed by atoms with van der Waals surface area (Å²) < 4.78 is 19.4. The third kappa shape index (κ3) is 1.94. The van der Waals surface area contributed by atoms with Crippen LogP contribution in [-0.2, 0) is 0 Å². The summed E-state index contributed by atoms with van der Waals surface area (Å²) in [5.74, 6) is -1.45. The quantitative estimate of drug-likeness (QED) is 0.865. The molecular weight excluding hydrogens is 229 g/mol. The van der Waals surface area contributed by atoms with Gasteiger partial charge in [0.2, 0.25) is 0 Å². The molecular formula is C10H8FN3O3. The fourth-order valence-corrected chi connectivity index (χ4v) is 1.34. The molecule has 6 nitrogen and oxygen atoms in total. The van der Waals surface area contributed by atoms with Crippen LogP contribution in [0.2, 0.25) is 0 Å². The average Bonchev–Trinajstić information content (AvgIpc) is 2.78. The van der Waals surface area contributed by atoms with Crippen LogP contribution >= 0.6 is 0 Å². The van der Waals surface area contributed by atoms with Gasteiger partial charge in [-0.1, -0.05) is 5.21 Å². The van der Waals surface area contributed by atoms with Crippen LogP contribution in [0.3, 0.4) is 0 Å². The van der Waals surface area contributed by atoms with Crippen LogP contribution in [0.5, 0.6) is 5.75 Å². The minimum atomic E-state index is -1.24. The lowest BCUT2D eigenvalue weighted by molar-refractivity contribution is 0.0687. The van der Waals surface area contributed by atoms with Gasteiger partial charge in [-0.2, -0.15) is 0 Å². The molecule has 1 aromatic carbocycles. The van der Waals surface area contributed by atoms with Crippen molar-refractivity contribution in [3.8, 4) is 11.4 Å². The molecule has 1 heterocycles. The lowest BCUT2D eigenvalue weighted by Crippen LogP contribution is -2.09. The number of hydrogen-bond donors (Lipinski definition) is 1. The fourth-order valence-electron chi connectivity index (χ4n) is 1.34. The summed E-state index contributed by atoms with van der Waals surface area (Å²) in [4.78, 5) is 10.9. The highest BCUT2D eigenvalue weighted by atomic mass is 19.1. The molecule has 88 valence electrons. The Morgan fingerprint density at radius 2 is 2.29 bits per heavy atom. The van der Waals surface area contributed by atoms with Crippen LogP contribution in [0.1, 0.15) is 10.5 Å². The van der Waals surface area contributed by atoms with Crippen molar-refractivity contribution < 1.29 is 19.0 Å². The van der Waals surface area contributed by atoms with Crippen molar-refractivity contribution in [1.29, 1.82) is 0 Å². The molecule has 0 aliphatic carbocycles. The van der Waals surface area contributed by atoms with Gasteiger partial charge in [-0.15, -0.1) is 5.10 Å². The molecule has 0 saturated carbocycles. The number of nitrogens with zero attached hydrogens (tertiary/aromatic N) is 3. The largest absolute Gasteiger partial charge is 0.497 e. The molecule has 0 radical (unpaired) electrons. The SMILES string of the molecule is COc1ccc(F)c(-n2nncc2C(=O)O)c1. The van der Waals surface area contributed by atoms with E-state index in [1.807, 2.05) is 0 Å². The van der Waals surface area contributed by atoms with Crippen molar-refractivity contribution in [3.63, 3.8) is 0 Å². The molecule has 7 heteroatoms. The first-order valence-corrected chi connectivity index (χ1v) is 4.61. The Morgan fingerprint density at radius 1 is 1.53 bits per heavy atom. The smallest absolute Gasteiger partial charge is 0.356 e. The second kappa shape index (κ2) is 4.20. The van der Waals surface area contributed by atoms with E-state index in [1.165, 1.54) is 25.3 Å². The molecule has 2 aromatic rings. The van der Waals surface area contributed by atoms with Gasteiger partial charge in [0, 0.05) is 6.07 Å². The summed E-state index contributed by atoms with van der Waals surface area (Å²) in [5.41, 5.74) is -0.253. The maximum absolute atomic E-state index is 13.6. The lowest BCUT2D eigenvalue weighted by Gasteiger charge is -2.06. The van der Waals surface area contributed by atoms with Gasteiger partial charge in [0.1, 0.15) is 17.3 Å². The Labute approximate surface area is 95.2 Å². The van der Waals surface area contributed by atoms with Crippen molar-refractivity contribution in [2.45, 2.75) is 0 Å². The number of rotatable bonds is 3. The molecule has 0 saturated heterocycles. The zero-order chi connectivity index (χ0) is 12.4. The van der Waals surface area contributed by atoms with E-state index in [9.17, 15) is 9.18 Å². The number of carboxylic acid groups (broad SMARTS) is 1. The molecule has 0 spiro atoms. The third-order valence-electron chi connectivity index (χ3n) is 2.15. The monoisotopic (exact) mass is 237 g/mol. The second-order valence-corrected chi connectivity index (χ2v) is 3.15. The highest BCUT2D eigenvalue weighted by Gasteiger charge is 2.16. The highest BCUT2D eigenvalue weighted by Crippen LogP contribution is 2.20. The topological polar surface area (TPSA) is 77.2 Å². The van der Waals surface area contributed by atoms with E-state index >= 15 is 0 Å². The van der Waals surface area contributed by atoms with Crippen LogP contribution in [0.25, 0.3) is 5.69 Å². The molecule has 17 heavy (non-hydrogen) atoms. The van der Waals surface area contributed by atoms with E-state index in [-0.39, 0.29) is 11.4 Å². The molecule has 0 aliphatic rings. The summed E-state index contributed by atoms with van der Waals surface area (Å²) in [6, 6.07) is 3.94. The van der Waals surface area contributed by atoms with E-state index in [1.54, 1.807) is 0 Å². The van der Waals surface area contributed by atoms with E-state index in [0.29, 0.717) is 5.75 Å². The Hall–Kier alpha value is -2.44. The van der Waals surface area contributed by atoms with Gasteiger partial charge in [0.25, 0.3) is 0 Å². The third-order valence-corrected chi connectivity index (χ3v) is 2.15. The van der Waals surface area contributed by atoms with E-state index in [0.717, 1.165) is 10.9 Å². The first-order chi connectivity index (χ1) is 8.13. The van der Waals surface area contributed by atoms with E-state index in [4.69, 9.17) is 9.84 Å². The van der Waals surface area contributed by atoms with Gasteiger partial charge in [0.05, 0.1) is 13.3 Å². The number of carboxylic acids is 1. The number of carbonyl (C=O) groups is 1. The molecule has 1 aromatic heterocycles. The maximum atomic E-state index is 13.6. The fraction of sp³-hybridized carbons (Fsp3) is 0.100. The average molecular weight is 237 g/mol. The van der Waals surface area contributed by atoms with Crippen molar-refractivity contribution in [2.24, 2.45) is 0 Å². The van der Waals surface area contributed by atoms with Crippen LogP contribution < -0.4 is 4.74 Å². The van der Waals surface area contributed by atoms with Gasteiger partial charge in [-0.05, 0) is 12.1 Å². The first-order valence-electron chi connectivity index (χ1n) is 4.61. The Bertz CT molecular complexity index is 568. The zero-order valence-corrected chi connectivity index (χ0v) is 8.79. The van der Waals surface area contributed by atoms with Crippen LogP contribution in [0.15, 0.2) is 24.4 Å². The van der Waals surface area contributed by atoms with Crippen LogP contribution in [0, 0.1) is 5.82 Å². The van der Waals surface area contributed by atoms with Crippen LogP contribution in [0.4, 0.5) is 4.39 Å². The van der Waals surface area contributed by atoms with Crippen molar-refractivity contribution in [2.75, 3.05) is 7.11 Å². The Balaban J connectivity index is 2.59. The summed E-state index contributed by atoms with van der Waals surface area (Å²) in [6.45, 7) is 0. The zero-order valence-electron chi connectivity index (χ0n) is 8.79. The van der Waals surface area contributed by atoms with Crippen LogP contribution in [-0.4, -0.2) is 33.2 Å². The Morgan fingerprint density at radius 3 is 2.94 bits per heavy atom. The number of ether oxygens (including phenoxy) is 1. The number of halogens is 1. The molecule has 0 aliphatic heterocycles. The normalized spacial score (nSPS) is 10.2. The maximum Gasteiger partial charge on any atom is 0.356 e. The molecule has 0 amide bonds. The number of benzene rings is 1. The minimum absolute atomic E-state index is 0.0285. The van der Waals surface area contributed by atoms with E-state index < -0.39 is 11.8 Å². The van der Waals surface area contributed by atoms with Gasteiger partial charge in [0.15, 0.2) is 5.69 Å². The first kappa shape index (κ1) is 11.1. The summed E-state index contributed by atoms with van der Waals surface area (Å²) >= 11 is 0. The molecule has 1 N–H and O–H groups in total. The van der Waals surface area contributed by atoms with Crippen molar-refractivity contribution in [3.05, 3.63) is 35.9 Å². The number of hydrogen-bond acceptors (Lipinski definition) is 4. The molecule has 2 rings (SSSR count). The molecule has 0 bridgehead atoms. The molecule has 0 unspecified atom stereocenters. The van der Waals surface area contributed by atoms with Gasteiger partial charge in [-0.3, -0.25) is 0 Å². The predicted molar refractivity (Wildman–Crippen MR) is 54.8 cm³/mol. The van der Waals surface area contributed by atoms with Gasteiger partial charge < -0.3 is 9.84 Å². The number of aromatic carboxylic acids is 1. The summed E-state index contributed by atoms with van der Waals surface area (Å²) in [7, 11) is 1.43.